The van der Waals surface area contributed by atoms with Gasteiger partial charge in [0.15, 0.2) is 8.03 Å². The zero-order valence-electron chi connectivity index (χ0n) is 10.4. The van der Waals surface area contributed by atoms with Crippen LogP contribution in [0.3, 0.4) is 0 Å². The van der Waals surface area contributed by atoms with E-state index in [1.165, 1.54) is 37.7 Å². The van der Waals surface area contributed by atoms with Gasteiger partial charge in [0.2, 0.25) is 0 Å². The molecule has 1 unspecified atom stereocenters. The number of aryl methyl sites for hydroxylation is 1. The van der Waals surface area contributed by atoms with Gasteiger partial charge in [-0.3, -0.25) is 4.57 Å². The summed E-state index contributed by atoms with van der Waals surface area (Å²) in [5.74, 6) is 0. The molecule has 0 aliphatic rings. The summed E-state index contributed by atoms with van der Waals surface area (Å²) in [7, 11) is -2.22. The van der Waals surface area contributed by atoms with Crippen molar-refractivity contribution in [3.8, 4) is 0 Å². The Bertz CT molecular complexity index is 311. The van der Waals surface area contributed by atoms with Gasteiger partial charge in [-0.05, 0) is 24.8 Å². The van der Waals surface area contributed by atoms with Gasteiger partial charge >= 0.3 is 0 Å². The van der Waals surface area contributed by atoms with E-state index in [-0.39, 0.29) is 0 Å². The zero-order valence-corrected chi connectivity index (χ0v) is 11.4. The summed E-state index contributed by atoms with van der Waals surface area (Å²) in [6, 6.07) is 10.6. The van der Waals surface area contributed by atoms with Gasteiger partial charge in [0, 0.05) is 6.16 Å². The van der Waals surface area contributed by atoms with E-state index in [4.69, 9.17) is 4.89 Å². The number of benzene rings is 1. The van der Waals surface area contributed by atoms with Gasteiger partial charge in [0.25, 0.3) is 0 Å². The Morgan fingerprint density at radius 3 is 2.12 bits per heavy atom. The molecule has 0 bridgehead atoms. The van der Waals surface area contributed by atoms with Crippen molar-refractivity contribution < 1.29 is 9.46 Å². The van der Waals surface area contributed by atoms with Crippen LogP contribution in [0.25, 0.3) is 0 Å². The molecule has 0 heterocycles. The molecule has 0 aromatic heterocycles. The van der Waals surface area contributed by atoms with Crippen molar-refractivity contribution in [1.82, 2.24) is 0 Å². The summed E-state index contributed by atoms with van der Waals surface area (Å²) in [6.45, 7) is 0. The lowest BCUT2D eigenvalue weighted by atomic mass is 10.1. The largest absolute Gasteiger partial charge is 0.346 e. The first-order valence-corrected chi connectivity index (χ1v) is 8.11. The smallest absolute Gasteiger partial charge is 0.189 e. The predicted molar refractivity (Wildman–Crippen MR) is 73.9 cm³/mol. The standard InChI is InChI=1S/C14H23O2P/c15-17(16)13-9-4-2-1-3-6-10-14-11-7-5-8-12-14/h5,7-8,11-12,17H,1-4,6,9-10,13H2,(H,15,16). The van der Waals surface area contributed by atoms with Gasteiger partial charge in [-0.2, -0.15) is 0 Å². The Morgan fingerprint density at radius 1 is 0.882 bits per heavy atom. The second-order valence-corrected chi connectivity index (χ2v) is 5.79. The molecule has 0 saturated heterocycles. The van der Waals surface area contributed by atoms with Crippen molar-refractivity contribution >= 4 is 8.03 Å². The van der Waals surface area contributed by atoms with Gasteiger partial charge in [-0.1, -0.05) is 56.0 Å². The van der Waals surface area contributed by atoms with E-state index in [2.05, 4.69) is 30.3 Å². The molecule has 0 radical (unpaired) electrons. The third-order valence-electron chi connectivity index (χ3n) is 2.95. The van der Waals surface area contributed by atoms with E-state index < -0.39 is 8.03 Å². The maximum absolute atomic E-state index is 10.5. The van der Waals surface area contributed by atoms with Gasteiger partial charge in [0.05, 0.1) is 0 Å². The molecule has 0 aliphatic carbocycles. The lowest BCUT2D eigenvalue weighted by molar-refractivity contribution is 0.498. The van der Waals surface area contributed by atoms with E-state index in [1.807, 2.05) is 0 Å². The van der Waals surface area contributed by atoms with E-state index in [9.17, 15) is 4.57 Å². The lowest BCUT2D eigenvalue weighted by Gasteiger charge is -2.02. The molecule has 1 N–H and O–H groups in total. The van der Waals surface area contributed by atoms with Crippen LogP contribution in [0.1, 0.15) is 44.1 Å². The molecular weight excluding hydrogens is 231 g/mol. The molecule has 1 atom stereocenters. The predicted octanol–water partition coefficient (Wildman–Crippen LogP) is 4.04. The molecule has 96 valence electrons. The summed E-state index contributed by atoms with van der Waals surface area (Å²) >= 11 is 0. The first kappa shape index (κ1) is 14.5. The Kier molecular flexibility index (Phi) is 8.04. The SMILES string of the molecule is O=[PH](O)CCCCCCCCc1ccccc1. The fraction of sp³-hybridized carbons (Fsp3) is 0.571. The normalized spacial score (nSPS) is 12.5. The average molecular weight is 254 g/mol. The molecule has 0 amide bonds. The van der Waals surface area contributed by atoms with E-state index in [1.54, 1.807) is 0 Å². The van der Waals surface area contributed by atoms with Gasteiger partial charge in [-0.25, -0.2) is 0 Å². The second-order valence-electron chi connectivity index (χ2n) is 4.50. The minimum atomic E-state index is -2.22. The van der Waals surface area contributed by atoms with Crippen LogP contribution < -0.4 is 0 Å². The van der Waals surface area contributed by atoms with Crippen molar-refractivity contribution in [3.05, 3.63) is 35.9 Å². The van der Waals surface area contributed by atoms with Crippen molar-refractivity contribution in [2.24, 2.45) is 0 Å². The van der Waals surface area contributed by atoms with Crippen LogP contribution in [0, 0.1) is 0 Å². The number of unbranched alkanes of at least 4 members (excludes halogenated alkanes) is 5. The Balaban J connectivity index is 1.90. The lowest BCUT2D eigenvalue weighted by Crippen LogP contribution is -1.86. The quantitative estimate of drug-likeness (QED) is 0.533. The molecule has 1 rings (SSSR count). The van der Waals surface area contributed by atoms with Crippen molar-refractivity contribution in [2.75, 3.05) is 6.16 Å². The van der Waals surface area contributed by atoms with Gasteiger partial charge in [-0.15, -0.1) is 0 Å². The summed E-state index contributed by atoms with van der Waals surface area (Å²) < 4.78 is 10.5. The molecule has 1 aromatic rings. The molecule has 0 saturated carbocycles. The number of hydrogen-bond donors (Lipinski definition) is 1. The van der Waals surface area contributed by atoms with Crippen LogP contribution >= 0.6 is 8.03 Å². The minimum Gasteiger partial charge on any atom is -0.346 e. The van der Waals surface area contributed by atoms with Crippen LogP contribution in [0.15, 0.2) is 30.3 Å². The van der Waals surface area contributed by atoms with Gasteiger partial charge < -0.3 is 4.89 Å². The molecule has 0 fully saturated rings. The summed E-state index contributed by atoms with van der Waals surface area (Å²) in [5.41, 5.74) is 1.42. The van der Waals surface area contributed by atoms with Crippen LogP contribution in [-0.4, -0.2) is 11.1 Å². The maximum atomic E-state index is 10.5. The summed E-state index contributed by atoms with van der Waals surface area (Å²) in [5, 5.41) is 0. The first-order valence-electron chi connectivity index (χ1n) is 6.55. The van der Waals surface area contributed by atoms with E-state index in [0.29, 0.717) is 6.16 Å². The first-order chi connectivity index (χ1) is 8.29. The third-order valence-corrected chi connectivity index (χ3v) is 3.73. The zero-order chi connectivity index (χ0) is 12.3. The Morgan fingerprint density at radius 2 is 1.47 bits per heavy atom. The third kappa shape index (κ3) is 8.18. The minimum absolute atomic E-state index is 0.509. The maximum Gasteiger partial charge on any atom is 0.189 e. The van der Waals surface area contributed by atoms with E-state index in [0.717, 1.165) is 12.8 Å². The fourth-order valence-electron chi connectivity index (χ4n) is 1.96. The number of rotatable bonds is 9. The Labute approximate surface area is 105 Å². The highest BCUT2D eigenvalue weighted by Gasteiger charge is 1.95. The van der Waals surface area contributed by atoms with Crippen molar-refractivity contribution in [3.63, 3.8) is 0 Å². The fourth-order valence-corrected chi connectivity index (χ4v) is 2.51. The Hall–Kier alpha value is -0.590. The van der Waals surface area contributed by atoms with Crippen LogP contribution in [0.2, 0.25) is 0 Å². The molecule has 3 heteroatoms. The van der Waals surface area contributed by atoms with Crippen LogP contribution in [-0.2, 0) is 11.0 Å². The summed E-state index contributed by atoms with van der Waals surface area (Å²) in [6.07, 6.45) is 8.65. The highest BCUT2D eigenvalue weighted by Crippen LogP contribution is 2.17. The van der Waals surface area contributed by atoms with Crippen LogP contribution in [0.5, 0.6) is 0 Å². The van der Waals surface area contributed by atoms with Crippen molar-refractivity contribution in [1.29, 1.82) is 0 Å². The highest BCUT2D eigenvalue weighted by molar-refractivity contribution is 7.37. The van der Waals surface area contributed by atoms with E-state index >= 15 is 0 Å². The topological polar surface area (TPSA) is 37.3 Å². The molecule has 1 aromatic carbocycles. The highest BCUT2D eigenvalue weighted by atomic mass is 31.1. The summed E-state index contributed by atoms with van der Waals surface area (Å²) in [4.78, 5) is 8.67. The van der Waals surface area contributed by atoms with Crippen molar-refractivity contribution in [2.45, 2.75) is 44.9 Å². The molecule has 0 aliphatic heterocycles. The van der Waals surface area contributed by atoms with Gasteiger partial charge in [0.1, 0.15) is 0 Å². The monoisotopic (exact) mass is 254 g/mol. The van der Waals surface area contributed by atoms with Crippen LogP contribution in [0.4, 0.5) is 0 Å². The molecule has 17 heavy (non-hydrogen) atoms. The second kappa shape index (κ2) is 9.44. The average Bonchev–Trinajstić information content (AvgIpc) is 2.33. The molecular formula is C14H23O2P. The number of hydrogen-bond acceptors (Lipinski definition) is 1. The molecule has 2 nitrogen and oxygen atoms in total. The molecule has 0 spiro atoms.